The molecule has 3 rings (SSSR count). The smallest absolute Gasteiger partial charge is 0.251 e. The number of hydrogen-bond acceptors (Lipinski definition) is 5. The number of rotatable bonds is 11. The minimum atomic E-state index is -3.70. The van der Waals surface area contributed by atoms with Crippen LogP contribution in [0.3, 0.4) is 0 Å². The number of carbonyl (C=O) groups is 1. The minimum absolute atomic E-state index is 0.0630. The summed E-state index contributed by atoms with van der Waals surface area (Å²) in [6.45, 7) is 1.21. The van der Waals surface area contributed by atoms with Gasteiger partial charge in [-0.15, -0.1) is 11.3 Å². The van der Waals surface area contributed by atoms with Crippen LogP contribution in [0.25, 0.3) is 0 Å². The minimum Gasteiger partial charge on any atom is -0.494 e. The summed E-state index contributed by atoms with van der Waals surface area (Å²) in [4.78, 5) is 13.4. The topological polar surface area (TPSA) is 84.5 Å². The van der Waals surface area contributed by atoms with Gasteiger partial charge in [-0.25, -0.2) is 13.1 Å². The van der Waals surface area contributed by atoms with Crippen LogP contribution in [0.2, 0.25) is 5.02 Å². The fourth-order valence-electron chi connectivity index (χ4n) is 2.72. The van der Waals surface area contributed by atoms with Crippen molar-refractivity contribution in [3.63, 3.8) is 0 Å². The van der Waals surface area contributed by atoms with E-state index in [0.29, 0.717) is 23.7 Å². The van der Waals surface area contributed by atoms with Gasteiger partial charge in [0.15, 0.2) is 0 Å². The van der Waals surface area contributed by atoms with E-state index in [1.165, 1.54) is 23.5 Å². The highest BCUT2D eigenvalue weighted by atomic mass is 35.5. The number of benzene rings is 2. The summed E-state index contributed by atoms with van der Waals surface area (Å²) in [5, 5.41) is 5.36. The third kappa shape index (κ3) is 7.36. The molecular formula is C22H23ClN2O4S2. The lowest BCUT2D eigenvalue weighted by Gasteiger charge is -2.09. The standard InChI is InChI=1S/C22H23ClN2O4S2/c23-18-8-10-19(11-9-18)29-13-2-1-12-24-22(26)17-5-3-7-21(15-17)31(27,28)25-16-20-6-4-14-30-20/h3-11,14-15,25H,1-2,12-13,16H2,(H,24,26). The number of amides is 1. The Morgan fingerprint density at radius 1 is 1.03 bits per heavy atom. The first-order valence-corrected chi connectivity index (χ1v) is 12.5. The van der Waals surface area contributed by atoms with Crippen LogP contribution in [0.4, 0.5) is 0 Å². The second kappa shape index (κ2) is 11.3. The first-order chi connectivity index (χ1) is 14.9. The van der Waals surface area contributed by atoms with Gasteiger partial charge < -0.3 is 10.1 Å². The molecule has 0 unspecified atom stereocenters. The maximum absolute atomic E-state index is 12.5. The molecule has 6 nitrogen and oxygen atoms in total. The van der Waals surface area contributed by atoms with Crippen LogP contribution in [0.15, 0.2) is 70.9 Å². The van der Waals surface area contributed by atoms with Crippen molar-refractivity contribution in [1.29, 1.82) is 0 Å². The number of carbonyl (C=O) groups excluding carboxylic acids is 1. The zero-order valence-electron chi connectivity index (χ0n) is 16.7. The second-order valence-electron chi connectivity index (χ2n) is 6.70. The molecule has 0 atom stereocenters. The monoisotopic (exact) mass is 478 g/mol. The second-order valence-corrected chi connectivity index (χ2v) is 9.93. The lowest BCUT2D eigenvalue weighted by Crippen LogP contribution is -2.26. The van der Waals surface area contributed by atoms with Crippen LogP contribution in [0, 0.1) is 0 Å². The Balaban J connectivity index is 1.43. The molecular weight excluding hydrogens is 456 g/mol. The maximum atomic E-state index is 12.5. The highest BCUT2D eigenvalue weighted by molar-refractivity contribution is 7.89. The number of ether oxygens (including phenoxy) is 1. The van der Waals surface area contributed by atoms with Gasteiger partial charge >= 0.3 is 0 Å². The normalized spacial score (nSPS) is 11.3. The molecule has 0 spiro atoms. The molecule has 3 aromatic rings. The van der Waals surface area contributed by atoms with E-state index >= 15 is 0 Å². The number of nitrogens with one attached hydrogen (secondary N) is 2. The van der Waals surface area contributed by atoms with Crippen molar-refractivity contribution in [1.82, 2.24) is 10.0 Å². The molecule has 1 heterocycles. The SMILES string of the molecule is O=C(NCCCCOc1ccc(Cl)cc1)c1cccc(S(=O)(=O)NCc2cccs2)c1. The van der Waals surface area contributed by atoms with Gasteiger partial charge in [0.1, 0.15) is 5.75 Å². The van der Waals surface area contributed by atoms with Crippen LogP contribution < -0.4 is 14.8 Å². The summed E-state index contributed by atoms with van der Waals surface area (Å²) in [7, 11) is -3.70. The first-order valence-electron chi connectivity index (χ1n) is 9.73. The van der Waals surface area contributed by atoms with Crippen molar-refractivity contribution in [2.24, 2.45) is 0 Å². The number of thiophene rings is 1. The van der Waals surface area contributed by atoms with Crippen molar-refractivity contribution < 1.29 is 17.9 Å². The molecule has 2 aromatic carbocycles. The molecule has 0 saturated carbocycles. The summed E-state index contributed by atoms with van der Waals surface area (Å²) in [6.07, 6.45) is 1.50. The largest absolute Gasteiger partial charge is 0.494 e. The van der Waals surface area contributed by atoms with Gasteiger partial charge in [0.25, 0.3) is 5.91 Å². The summed E-state index contributed by atoms with van der Waals surface area (Å²) in [6, 6.07) is 16.9. The lowest BCUT2D eigenvalue weighted by molar-refractivity contribution is 0.0952. The predicted octanol–water partition coefficient (Wildman–Crippen LogP) is 4.47. The molecule has 0 aliphatic rings. The van der Waals surface area contributed by atoms with Gasteiger partial charge in [-0.2, -0.15) is 0 Å². The lowest BCUT2D eigenvalue weighted by atomic mass is 10.2. The number of sulfonamides is 1. The van der Waals surface area contributed by atoms with Gasteiger partial charge in [-0.3, -0.25) is 4.79 Å². The Hall–Kier alpha value is -2.39. The van der Waals surface area contributed by atoms with Crippen molar-refractivity contribution in [2.45, 2.75) is 24.3 Å². The Morgan fingerprint density at radius 2 is 1.84 bits per heavy atom. The summed E-state index contributed by atoms with van der Waals surface area (Å²) < 4.78 is 33.2. The molecule has 0 radical (unpaired) electrons. The molecule has 1 aromatic heterocycles. The van der Waals surface area contributed by atoms with Gasteiger partial charge in [-0.05, 0) is 66.8 Å². The molecule has 0 bridgehead atoms. The number of unbranched alkanes of at least 4 members (excludes halogenated alkanes) is 1. The van der Waals surface area contributed by atoms with E-state index in [-0.39, 0.29) is 17.3 Å². The molecule has 164 valence electrons. The van der Waals surface area contributed by atoms with Crippen molar-refractivity contribution in [2.75, 3.05) is 13.2 Å². The molecule has 0 saturated heterocycles. The van der Waals surface area contributed by atoms with Crippen LogP contribution in [0.1, 0.15) is 28.1 Å². The summed E-state index contributed by atoms with van der Waals surface area (Å²) in [5.74, 6) is 0.438. The third-order valence-corrected chi connectivity index (χ3v) is 6.89. The molecule has 1 amide bonds. The van der Waals surface area contributed by atoms with Gasteiger partial charge in [0.2, 0.25) is 10.0 Å². The van der Waals surface area contributed by atoms with E-state index in [1.807, 2.05) is 17.5 Å². The molecule has 0 aliphatic heterocycles. The maximum Gasteiger partial charge on any atom is 0.251 e. The fraction of sp³-hybridized carbons (Fsp3) is 0.227. The average molecular weight is 479 g/mol. The zero-order valence-corrected chi connectivity index (χ0v) is 19.1. The first kappa shape index (κ1) is 23.3. The fourth-order valence-corrected chi connectivity index (χ4v) is 4.63. The zero-order chi connectivity index (χ0) is 22.1. The molecule has 2 N–H and O–H groups in total. The van der Waals surface area contributed by atoms with Crippen LogP contribution in [-0.4, -0.2) is 27.5 Å². The Bertz CT molecular complexity index is 1080. The van der Waals surface area contributed by atoms with Crippen molar-refractivity contribution in [3.05, 3.63) is 81.5 Å². The van der Waals surface area contributed by atoms with Crippen LogP contribution in [0.5, 0.6) is 5.75 Å². The van der Waals surface area contributed by atoms with E-state index in [1.54, 1.807) is 36.4 Å². The van der Waals surface area contributed by atoms with Crippen molar-refractivity contribution in [3.8, 4) is 5.75 Å². The van der Waals surface area contributed by atoms with E-state index in [4.69, 9.17) is 16.3 Å². The van der Waals surface area contributed by atoms with E-state index in [9.17, 15) is 13.2 Å². The van der Waals surface area contributed by atoms with E-state index < -0.39 is 10.0 Å². The predicted molar refractivity (Wildman–Crippen MR) is 123 cm³/mol. The van der Waals surface area contributed by atoms with Crippen molar-refractivity contribution >= 4 is 38.9 Å². The Morgan fingerprint density at radius 3 is 2.58 bits per heavy atom. The molecule has 0 aliphatic carbocycles. The van der Waals surface area contributed by atoms with E-state index in [2.05, 4.69) is 10.0 Å². The summed E-state index contributed by atoms with van der Waals surface area (Å²) >= 11 is 7.31. The number of halogens is 1. The Kier molecular flexibility index (Phi) is 8.48. The highest BCUT2D eigenvalue weighted by Gasteiger charge is 2.16. The third-order valence-electron chi connectivity index (χ3n) is 4.36. The van der Waals surface area contributed by atoms with Gasteiger partial charge in [-0.1, -0.05) is 23.7 Å². The quantitative estimate of drug-likeness (QED) is 0.398. The molecule has 0 fully saturated rings. The molecule has 31 heavy (non-hydrogen) atoms. The van der Waals surface area contributed by atoms with Crippen LogP contribution >= 0.6 is 22.9 Å². The van der Waals surface area contributed by atoms with E-state index in [0.717, 1.165) is 23.5 Å². The van der Waals surface area contributed by atoms with Crippen LogP contribution in [-0.2, 0) is 16.6 Å². The van der Waals surface area contributed by atoms with Gasteiger partial charge in [0, 0.05) is 28.6 Å². The Labute approximate surface area is 191 Å². The highest BCUT2D eigenvalue weighted by Crippen LogP contribution is 2.16. The van der Waals surface area contributed by atoms with Gasteiger partial charge in [0.05, 0.1) is 11.5 Å². The number of hydrogen-bond donors (Lipinski definition) is 2. The summed E-state index contributed by atoms with van der Waals surface area (Å²) in [5.41, 5.74) is 0.302. The molecule has 9 heteroatoms. The average Bonchev–Trinajstić information content (AvgIpc) is 3.30.